The Bertz CT molecular complexity index is 513. The molecule has 1 aromatic rings. The van der Waals surface area contributed by atoms with Gasteiger partial charge in [0.15, 0.2) is 0 Å². The third-order valence-electron chi connectivity index (χ3n) is 3.31. The number of halogens is 1. The summed E-state index contributed by atoms with van der Waals surface area (Å²) >= 11 is 4.77. The number of carbonyl (C=O) groups is 1. The molecule has 2 N–H and O–H groups in total. The summed E-state index contributed by atoms with van der Waals surface area (Å²) in [6.45, 7) is 4.28. The molecule has 0 spiro atoms. The molecule has 0 aliphatic carbocycles. The quantitative estimate of drug-likeness (QED) is 0.826. The second kappa shape index (κ2) is 5.52. The Kier molecular flexibility index (Phi) is 3.99. The predicted octanol–water partition coefficient (Wildman–Crippen LogP) is 1.13. The van der Waals surface area contributed by atoms with E-state index in [1.54, 1.807) is 24.0 Å². The van der Waals surface area contributed by atoms with E-state index in [2.05, 4.69) is 0 Å². The zero-order valence-electron chi connectivity index (χ0n) is 10.7. The molecule has 1 heterocycles. The molecule has 1 aliphatic rings. The van der Waals surface area contributed by atoms with Gasteiger partial charge in [0.1, 0.15) is 10.8 Å². The number of anilines is 1. The van der Waals surface area contributed by atoms with Crippen molar-refractivity contribution in [2.45, 2.75) is 6.92 Å². The fraction of sp³-hybridized carbons (Fsp3) is 0.385. The first-order valence-electron chi connectivity index (χ1n) is 6.09. The molecule has 0 bridgehead atoms. The lowest BCUT2D eigenvalue weighted by Crippen LogP contribution is -2.48. The van der Waals surface area contributed by atoms with Crippen LogP contribution in [-0.4, -0.2) is 42.0 Å². The monoisotopic (exact) mass is 281 g/mol. The van der Waals surface area contributed by atoms with E-state index >= 15 is 0 Å². The van der Waals surface area contributed by atoms with Crippen LogP contribution in [0.5, 0.6) is 0 Å². The van der Waals surface area contributed by atoms with Crippen molar-refractivity contribution in [3.8, 4) is 0 Å². The fourth-order valence-electron chi connectivity index (χ4n) is 2.18. The number of carbonyl (C=O) groups excluding carboxylic acids is 1. The number of benzene rings is 1. The zero-order valence-corrected chi connectivity index (χ0v) is 11.5. The van der Waals surface area contributed by atoms with Crippen molar-refractivity contribution in [1.82, 2.24) is 4.90 Å². The van der Waals surface area contributed by atoms with Crippen LogP contribution in [0.3, 0.4) is 0 Å². The van der Waals surface area contributed by atoms with Gasteiger partial charge in [-0.15, -0.1) is 0 Å². The van der Waals surface area contributed by atoms with Gasteiger partial charge in [-0.25, -0.2) is 4.39 Å². The van der Waals surface area contributed by atoms with Crippen LogP contribution in [0.1, 0.15) is 12.5 Å². The third kappa shape index (κ3) is 3.01. The third-order valence-corrected chi connectivity index (χ3v) is 3.53. The summed E-state index contributed by atoms with van der Waals surface area (Å²) in [5.41, 5.74) is 6.49. The zero-order chi connectivity index (χ0) is 14.0. The van der Waals surface area contributed by atoms with Gasteiger partial charge in [-0.3, -0.25) is 4.79 Å². The number of nitrogens with two attached hydrogens (primary N) is 1. The van der Waals surface area contributed by atoms with Gasteiger partial charge in [-0.1, -0.05) is 12.2 Å². The van der Waals surface area contributed by atoms with Crippen LogP contribution in [0.15, 0.2) is 18.2 Å². The average Bonchev–Trinajstić information content (AvgIpc) is 2.38. The van der Waals surface area contributed by atoms with Crippen molar-refractivity contribution in [1.29, 1.82) is 0 Å². The summed E-state index contributed by atoms with van der Waals surface area (Å²) in [7, 11) is 0. The van der Waals surface area contributed by atoms with Crippen molar-refractivity contribution < 1.29 is 9.18 Å². The minimum atomic E-state index is -0.404. The number of thiocarbonyl (C=S) groups is 1. The SMILES string of the molecule is CC(=O)N1CCN(c2ccc(C(N)=S)c(F)c2)CC1. The lowest BCUT2D eigenvalue weighted by atomic mass is 10.1. The van der Waals surface area contributed by atoms with Crippen molar-refractivity contribution in [3.05, 3.63) is 29.6 Å². The second-order valence-corrected chi connectivity index (χ2v) is 4.96. The average molecular weight is 281 g/mol. The largest absolute Gasteiger partial charge is 0.389 e. The molecule has 6 heteroatoms. The molecule has 4 nitrogen and oxygen atoms in total. The van der Waals surface area contributed by atoms with E-state index in [0.717, 1.165) is 5.69 Å². The van der Waals surface area contributed by atoms with E-state index in [1.165, 1.54) is 6.07 Å². The molecule has 0 saturated carbocycles. The topological polar surface area (TPSA) is 49.6 Å². The molecule has 0 radical (unpaired) electrons. The van der Waals surface area contributed by atoms with Crippen LogP contribution in [0.2, 0.25) is 0 Å². The molecule has 0 atom stereocenters. The number of piperazine rings is 1. The first-order valence-corrected chi connectivity index (χ1v) is 6.49. The van der Waals surface area contributed by atoms with Crippen LogP contribution in [0.25, 0.3) is 0 Å². The van der Waals surface area contributed by atoms with Crippen molar-refractivity contribution in [3.63, 3.8) is 0 Å². The maximum Gasteiger partial charge on any atom is 0.219 e. The minimum absolute atomic E-state index is 0.0606. The lowest BCUT2D eigenvalue weighted by molar-refractivity contribution is -0.129. The molecular formula is C13H16FN3OS. The first-order chi connectivity index (χ1) is 8.99. The van der Waals surface area contributed by atoms with Gasteiger partial charge in [-0.2, -0.15) is 0 Å². The summed E-state index contributed by atoms with van der Waals surface area (Å²) in [5.74, 6) is -0.325. The molecule has 1 amide bonds. The number of amides is 1. The highest BCUT2D eigenvalue weighted by molar-refractivity contribution is 7.80. The second-order valence-electron chi connectivity index (χ2n) is 4.52. The maximum absolute atomic E-state index is 13.8. The summed E-state index contributed by atoms with van der Waals surface area (Å²) in [6, 6.07) is 4.85. The number of hydrogen-bond acceptors (Lipinski definition) is 3. The summed E-state index contributed by atoms with van der Waals surface area (Å²) in [4.78, 5) is 15.1. The van der Waals surface area contributed by atoms with Gasteiger partial charge in [0, 0.05) is 44.4 Å². The van der Waals surface area contributed by atoms with E-state index in [0.29, 0.717) is 26.2 Å². The van der Waals surface area contributed by atoms with E-state index in [-0.39, 0.29) is 16.5 Å². The van der Waals surface area contributed by atoms with Gasteiger partial charge in [0.2, 0.25) is 5.91 Å². The Labute approximate surface area is 117 Å². The highest BCUT2D eigenvalue weighted by atomic mass is 32.1. The predicted molar refractivity (Wildman–Crippen MR) is 76.8 cm³/mol. The fourth-order valence-corrected chi connectivity index (χ4v) is 2.35. The molecule has 19 heavy (non-hydrogen) atoms. The molecule has 0 unspecified atom stereocenters. The normalized spacial score (nSPS) is 15.5. The Balaban J connectivity index is 2.10. The first kappa shape index (κ1) is 13.7. The Morgan fingerprint density at radius 2 is 1.95 bits per heavy atom. The number of rotatable bonds is 2. The van der Waals surface area contributed by atoms with Crippen LogP contribution in [-0.2, 0) is 4.79 Å². The maximum atomic E-state index is 13.8. The number of nitrogens with zero attached hydrogens (tertiary/aromatic N) is 2. The van der Waals surface area contributed by atoms with E-state index in [4.69, 9.17) is 18.0 Å². The van der Waals surface area contributed by atoms with Crippen LogP contribution in [0.4, 0.5) is 10.1 Å². The molecule has 102 valence electrons. The summed E-state index contributed by atoms with van der Waals surface area (Å²) in [6.07, 6.45) is 0. The van der Waals surface area contributed by atoms with Gasteiger partial charge in [0.05, 0.1) is 0 Å². The minimum Gasteiger partial charge on any atom is -0.389 e. The van der Waals surface area contributed by atoms with E-state index in [9.17, 15) is 9.18 Å². The Morgan fingerprint density at radius 3 is 2.42 bits per heavy atom. The van der Waals surface area contributed by atoms with Crippen LogP contribution >= 0.6 is 12.2 Å². The molecule has 2 rings (SSSR count). The molecule has 1 fully saturated rings. The van der Waals surface area contributed by atoms with E-state index in [1.807, 2.05) is 4.90 Å². The van der Waals surface area contributed by atoms with Gasteiger partial charge >= 0.3 is 0 Å². The smallest absolute Gasteiger partial charge is 0.219 e. The van der Waals surface area contributed by atoms with Crippen molar-refractivity contribution in [2.75, 3.05) is 31.1 Å². The lowest BCUT2D eigenvalue weighted by Gasteiger charge is -2.35. The summed E-state index contributed by atoms with van der Waals surface area (Å²) < 4.78 is 13.8. The van der Waals surface area contributed by atoms with Gasteiger partial charge in [-0.05, 0) is 18.2 Å². The molecule has 0 aromatic heterocycles. The highest BCUT2D eigenvalue weighted by Gasteiger charge is 2.19. The van der Waals surface area contributed by atoms with Gasteiger partial charge < -0.3 is 15.5 Å². The Morgan fingerprint density at radius 1 is 1.32 bits per heavy atom. The highest BCUT2D eigenvalue weighted by Crippen LogP contribution is 2.20. The molecule has 1 saturated heterocycles. The van der Waals surface area contributed by atoms with Gasteiger partial charge in [0.25, 0.3) is 0 Å². The van der Waals surface area contributed by atoms with Crippen LogP contribution in [0, 0.1) is 5.82 Å². The standard InChI is InChI=1S/C13H16FN3OS/c1-9(18)16-4-6-17(7-5-16)10-2-3-11(13(15)19)12(14)8-10/h2-3,8H,4-7H2,1H3,(H2,15,19). The molecule has 1 aromatic carbocycles. The summed E-state index contributed by atoms with van der Waals surface area (Å²) in [5, 5.41) is 0. The molecule has 1 aliphatic heterocycles. The van der Waals surface area contributed by atoms with Crippen LogP contribution < -0.4 is 10.6 Å². The van der Waals surface area contributed by atoms with Crippen molar-refractivity contribution in [2.24, 2.45) is 5.73 Å². The van der Waals surface area contributed by atoms with E-state index < -0.39 is 5.82 Å². The molecular weight excluding hydrogens is 265 g/mol. The Hall–Kier alpha value is -1.69. The number of hydrogen-bond donors (Lipinski definition) is 1. The van der Waals surface area contributed by atoms with Crippen molar-refractivity contribution >= 4 is 28.8 Å².